The molecule has 3 N–H and O–H groups in total. The summed E-state index contributed by atoms with van der Waals surface area (Å²) in [5, 5.41) is 3.08. The maximum absolute atomic E-state index is 5.94. The van der Waals surface area contributed by atoms with E-state index in [1.165, 1.54) is 0 Å². The molecule has 0 bridgehead atoms. The van der Waals surface area contributed by atoms with Crippen LogP contribution in [0.1, 0.15) is 19.4 Å². The van der Waals surface area contributed by atoms with E-state index in [1.807, 2.05) is 56.3 Å². The molecular formula is C19H23N3O3. The highest BCUT2D eigenvalue weighted by atomic mass is 16.7. The zero-order valence-electron chi connectivity index (χ0n) is 14.5. The van der Waals surface area contributed by atoms with Gasteiger partial charge in [-0.3, -0.25) is 4.99 Å². The van der Waals surface area contributed by atoms with Gasteiger partial charge in [0.15, 0.2) is 17.5 Å². The summed E-state index contributed by atoms with van der Waals surface area (Å²) < 4.78 is 16.3. The van der Waals surface area contributed by atoms with Crippen molar-refractivity contribution in [1.29, 1.82) is 0 Å². The minimum atomic E-state index is 0.154. The van der Waals surface area contributed by atoms with E-state index in [4.69, 9.17) is 19.9 Å². The molecule has 0 saturated heterocycles. The molecule has 1 heterocycles. The molecule has 25 heavy (non-hydrogen) atoms. The highest BCUT2D eigenvalue weighted by molar-refractivity contribution is 5.92. The van der Waals surface area contributed by atoms with Crippen LogP contribution < -0.4 is 25.3 Å². The molecule has 0 radical (unpaired) electrons. The van der Waals surface area contributed by atoms with Gasteiger partial charge in [-0.25, -0.2) is 0 Å². The number of aliphatic imine (C=N–C) groups is 1. The summed E-state index contributed by atoms with van der Waals surface area (Å²) in [4.78, 5) is 4.36. The van der Waals surface area contributed by atoms with Gasteiger partial charge in [-0.15, -0.1) is 0 Å². The quantitative estimate of drug-likeness (QED) is 0.623. The van der Waals surface area contributed by atoms with Crippen LogP contribution in [0.2, 0.25) is 0 Å². The maximum Gasteiger partial charge on any atom is 0.231 e. The molecule has 0 aromatic heterocycles. The highest BCUT2D eigenvalue weighted by Gasteiger charge is 2.12. The Labute approximate surface area is 147 Å². The molecule has 1 aliphatic rings. The number of rotatable bonds is 6. The van der Waals surface area contributed by atoms with Gasteiger partial charge in [-0.2, -0.15) is 0 Å². The second-order valence-corrected chi connectivity index (χ2v) is 6.02. The fourth-order valence-electron chi connectivity index (χ4n) is 2.48. The lowest BCUT2D eigenvalue weighted by Crippen LogP contribution is -2.23. The van der Waals surface area contributed by atoms with E-state index in [0.717, 1.165) is 34.9 Å². The van der Waals surface area contributed by atoms with Crippen molar-refractivity contribution in [3.63, 3.8) is 0 Å². The zero-order chi connectivity index (χ0) is 17.6. The SMILES string of the molecule is CC(C)Oc1ccc(NC(N)=NCCc2ccc3c(c2)OCO3)cc1. The van der Waals surface area contributed by atoms with Crippen LogP contribution in [0.4, 0.5) is 5.69 Å². The number of guanidine groups is 1. The Morgan fingerprint density at radius 1 is 1.16 bits per heavy atom. The van der Waals surface area contributed by atoms with Crippen LogP contribution in [-0.4, -0.2) is 25.4 Å². The van der Waals surface area contributed by atoms with Crippen molar-refractivity contribution in [2.45, 2.75) is 26.4 Å². The van der Waals surface area contributed by atoms with Crippen LogP contribution in [-0.2, 0) is 6.42 Å². The first-order valence-corrected chi connectivity index (χ1v) is 8.32. The molecular weight excluding hydrogens is 318 g/mol. The minimum absolute atomic E-state index is 0.154. The summed E-state index contributed by atoms with van der Waals surface area (Å²) in [7, 11) is 0. The van der Waals surface area contributed by atoms with E-state index < -0.39 is 0 Å². The van der Waals surface area contributed by atoms with Gasteiger partial charge in [0.2, 0.25) is 6.79 Å². The molecule has 0 fully saturated rings. The molecule has 1 aliphatic heterocycles. The second kappa shape index (κ2) is 7.79. The van der Waals surface area contributed by atoms with Crippen LogP contribution in [0.5, 0.6) is 17.2 Å². The van der Waals surface area contributed by atoms with Crippen LogP contribution in [0, 0.1) is 0 Å². The van der Waals surface area contributed by atoms with Crippen LogP contribution >= 0.6 is 0 Å². The molecule has 0 unspecified atom stereocenters. The first-order valence-electron chi connectivity index (χ1n) is 8.32. The maximum atomic E-state index is 5.94. The number of benzene rings is 2. The van der Waals surface area contributed by atoms with E-state index in [0.29, 0.717) is 12.5 Å². The molecule has 0 atom stereocenters. The number of ether oxygens (including phenoxy) is 3. The standard InChI is InChI=1S/C19H23N3O3/c1-13(2)25-16-6-4-15(5-7-16)22-19(20)21-10-9-14-3-8-17-18(11-14)24-12-23-17/h3-8,11,13H,9-10,12H2,1-2H3,(H3,20,21,22). The van der Waals surface area contributed by atoms with Crippen molar-refractivity contribution >= 4 is 11.6 Å². The number of nitrogens with two attached hydrogens (primary N) is 1. The van der Waals surface area contributed by atoms with Crippen molar-refractivity contribution in [3.05, 3.63) is 48.0 Å². The molecule has 6 heteroatoms. The van der Waals surface area contributed by atoms with Gasteiger partial charge in [0, 0.05) is 12.2 Å². The number of hydrogen-bond donors (Lipinski definition) is 2. The van der Waals surface area contributed by atoms with Crippen molar-refractivity contribution < 1.29 is 14.2 Å². The van der Waals surface area contributed by atoms with Gasteiger partial charge < -0.3 is 25.3 Å². The number of anilines is 1. The lowest BCUT2D eigenvalue weighted by molar-refractivity contribution is 0.174. The minimum Gasteiger partial charge on any atom is -0.491 e. The van der Waals surface area contributed by atoms with Gasteiger partial charge in [0.05, 0.1) is 6.10 Å². The predicted molar refractivity (Wildman–Crippen MR) is 98.6 cm³/mol. The molecule has 6 nitrogen and oxygen atoms in total. The van der Waals surface area contributed by atoms with Crippen molar-refractivity contribution in [3.8, 4) is 17.2 Å². The van der Waals surface area contributed by atoms with Gasteiger partial charge in [-0.1, -0.05) is 6.07 Å². The summed E-state index contributed by atoms with van der Waals surface area (Å²) in [5.41, 5.74) is 7.95. The molecule has 2 aromatic rings. The molecule has 0 saturated carbocycles. The van der Waals surface area contributed by atoms with E-state index in [-0.39, 0.29) is 12.9 Å². The van der Waals surface area contributed by atoms with Crippen molar-refractivity contribution in [2.75, 3.05) is 18.7 Å². The third-order valence-electron chi connectivity index (χ3n) is 3.62. The Kier molecular flexibility index (Phi) is 5.28. The Balaban J connectivity index is 1.50. The summed E-state index contributed by atoms with van der Waals surface area (Å²) >= 11 is 0. The average Bonchev–Trinajstić information content (AvgIpc) is 3.04. The third kappa shape index (κ3) is 4.79. The lowest BCUT2D eigenvalue weighted by atomic mass is 10.1. The lowest BCUT2D eigenvalue weighted by Gasteiger charge is -2.11. The van der Waals surface area contributed by atoms with Gasteiger partial charge in [-0.05, 0) is 62.2 Å². The average molecular weight is 341 g/mol. The first kappa shape index (κ1) is 17.0. The summed E-state index contributed by atoms with van der Waals surface area (Å²) in [6.45, 7) is 4.87. The summed E-state index contributed by atoms with van der Waals surface area (Å²) in [5.74, 6) is 2.80. The van der Waals surface area contributed by atoms with E-state index in [1.54, 1.807) is 0 Å². The molecule has 132 valence electrons. The Bertz CT molecular complexity index is 742. The summed E-state index contributed by atoms with van der Waals surface area (Å²) in [6, 6.07) is 13.6. The smallest absolute Gasteiger partial charge is 0.231 e. The highest BCUT2D eigenvalue weighted by Crippen LogP contribution is 2.32. The van der Waals surface area contributed by atoms with E-state index >= 15 is 0 Å². The monoisotopic (exact) mass is 341 g/mol. The van der Waals surface area contributed by atoms with Crippen LogP contribution in [0.15, 0.2) is 47.5 Å². The topological polar surface area (TPSA) is 78.1 Å². The van der Waals surface area contributed by atoms with Crippen LogP contribution in [0.25, 0.3) is 0 Å². The fourth-order valence-corrected chi connectivity index (χ4v) is 2.48. The Morgan fingerprint density at radius 2 is 1.92 bits per heavy atom. The normalized spacial score (nSPS) is 13.2. The number of hydrogen-bond acceptors (Lipinski definition) is 4. The zero-order valence-corrected chi connectivity index (χ0v) is 14.5. The van der Waals surface area contributed by atoms with Crippen molar-refractivity contribution in [1.82, 2.24) is 0 Å². The number of fused-ring (bicyclic) bond motifs is 1. The number of nitrogens with zero attached hydrogens (tertiary/aromatic N) is 1. The molecule has 3 rings (SSSR count). The molecule has 2 aromatic carbocycles. The molecule has 0 spiro atoms. The van der Waals surface area contributed by atoms with Gasteiger partial charge in [0.1, 0.15) is 5.75 Å². The Morgan fingerprint density at radius 3 is 2.68 bits per heavy atom. The largest absolute Gasteiger partial charge is 0.491 e. The van der Waals surface area contributed by atoms with Gasteiger partial charge in [0.25, 0.3) is 0 Å². The molecule has 0 amide bonds. The van der Waals surface area contributed by atoms with Crippen molar-refractivity contribution in [2.24, 2.45) is 10.7 Å². The number of nitrogens with one attached hydrogen (secondary N) is 1. The van der Waals surface area contributed by atoms with Gasteiger partial charge >= 0.3 is 0 Å². The first-order chi connectivity index (χ1) is 12.1. The summed E-state index contributed by atoms with van der Waals surface area (Å²) in [6.07, 6.45) is 0.932. The van der Waals surface area contributed by atoms with Crippen LogP contribution in [0.3, 0.4) is 0 Å². The Hall–Kier alpha value is -2.89. The van der Waals surface area contributed by atoms with E-state index in [9.17, 15) is 0 Å². The fraction of sp³-hybridized carbons (Fsp3) is 0.316. The predicted octanol–water partition coefficient (Wildman–Crippen LogP) is 3.17. The second-order valence-electron chi connectivity index (χ2n) is 6.02. The molecule has 0 aliphatic carbocycles. The third-order valence-corrected chi connectivity index (χ3v) is 3.62. The van der Waals surface area contributed by atoms with E-state index in [2.05, 4.69) is 10.3 Å².